The summed E-state index contributed by atoms with van der Waals surface area (Å²) in [6.45, 7) is 0. The van der Waals surface area contributed by atoms with Crippen LogP contribution in [0.3, 0.4) is 0 Å². The number of aromatic amines is 1. The summed E-state index contributed by atoms with van der Waals surface area (Å²) in [5.41, 5.74) is 3.12. The Morgan fingerprint density at radius 2 is 1.96 bits per heavy atom. The number of H-pyrrole nitrogens is 1. The molecule has 1 amide bonds. The van der Waals surface area contributed by atoms with Gasteiger partial charge in [0.1, 0.15) is 5.69 Å². The Morgan fingerprint density at radius 1 is 1.19 bits per heavy atom. The number of aromatic nitrogens is 1. The molecule has 140 valence electrons. The highest BCUT2D eigenvalue weighted by Gasteiger charge is 2.35. The summed E-state index contributed by atoms with van der Waals surface area (Å²) in [5.74, 6) is -0.291. The fraction of sp³-hybridized carbons (Fsp3) is 0.211. The number of halogens is 1. The molecule has 3 N–H and O–H groups in total. The molecule has 0 radical (unpaired) electrons. The molecule has 2 atom stereocenters. The van der Waals surface area contributed by atoms with Crippen molar-refractivity contribution < 1.29 is 13.2 Å². The van der Waals surface area contributed by atoms with Gasteiger partial charge in [0, 0.05) is 15.9 Å². The fourth-order valence-electron chi connectivity index (χ4n) is 3.58. The van der Waals surface area contributed by atoms with Crippen molar-refractivity contribution in [2.45, 2.75) is 18.5 Å². The monoisotopic (exact) mass is 403 g/mol. The second-order valence-corrected chi connectivity index (χ2v) is 8.98. The average Bonchev–Trinajstić information content (AvgIpc) is 3.15. The molecule has 1 heterocycles. The van der Waals surface area contributed by atoms with Crippen LogP contribution in [-0.4, -0.2) is 31.6 Å². The van der Waals surface area contributed by atoms with Crippen LogP contribution in [0.15, 0.2) is 48.5 Å². The van der Waals surface area contributed by atoms with Crippen molar-refractivity contribution in [3.05, 3.63) is 70.4 Å². The molecule has 0 unspecified atom stereocenters. The first-order valence-electron chi connectivity index (χ1n) is 8.44. The minimum atomic E-state index is -3.43. The number of hydrogen-bond acceptors (Lipinski definition) is 3. The van der Waals surface area contributed by atoms with Crippen LogP contribution in [-0.2, 0) is 16.4 Å². The summed E-state index contributed by atoms with van der Waals surface area (Å²) in [4.78, 5) is 15.8. The Kier molecular flexibility index (Phi) is 4.46. The number of rotatable bonds is 4. The zero-order chi connectivity index (χ0) is 19.2. The lowest BCUT2D eigenvalue weighted by Gasteiger charge is -2.22. The molecule has 6 nitrogen and oxygen atoms in total. The number of carbonyl (C=O) groups excluding carboxylic acids is 1. The molecule has 0 bridgehead atoms. The summed E-state index contributed by atoms with van der Waals surface area (Å²) in [6.07, 6.45) is 1.68. The lowest BCUT2D eigenvalue weighted by Crippen LogP contribution is -2.44. The van der Waals surface area contributed by atoms with Crippen molar-refractivity contribution in [3.8, 4) is 0 Å². The normalized spacial score (nSPS) is 19.2. The van der Waals surface area contributed by atoms with Crippen molar-refractivity contribution in [1.29, 1.82) is 0 Å². The maximum Gasteiger partial charge on any atom is 0.268 e. The molecule has 1 aliphatic rings. The maximum absolute atomic E-state index is 12.8. The predicted octanol–water partition coefficient (Wildman–Crippen LogP) is 2.77. The smallest absolute Gasteiger partial charge is 0.268 e. The van der Waals surface area contributed by atoms with Crippen molar-refractivity contribution >= 4 is 38.4 Å². The summed E-state index contributed by atoms with van der Waals surface area (Å²) in [5, 5.41) is 4.40. The van der Waals surface area contributed by atoms with Gasteiger partial charge in [-0.15, -0.1) is 0 Å². The first-order valence-corrected chi connectivity index (χ1v) is 10.7. The van der Waals surface area contributed by atoms with E-state index in [-0.39, 0.29) is 11.9 Å². The van der Waals surface area contributed by atoms with Gasteiger partial charge in [0.25, 0.3) is 5.91 Å². The van der Waals surface area contributed by atoms with E-state index in [4.69, 9.17) is 11.6 Å². The zero-order valence-electron chi connectivity index (χ0n) is 14.5. The van der Waals surface area contributed by atoms with E-state index in [1.807, 2.05) is 30.3 Å². The van der Waals surface area contributed by atoms with E-state index in [2.05, 4.69) is 15.0 Å². The van der Waals surface area contributed by atoms with E-state index in [0.717, 1.165) is 28.3 Å². The van der Waals surface area contributed by atoms with Gasteiger partial charge in [-0.1, -0.05) is 35.9 Å². The molecule has 27 heavy (non-hydrogen) atoms. The maximum atomic E-state index is 12.8. The van der Waals surface area contributed by atoms with Crippen LogP contribution in [0.1, 0.15) is 27.7 Å². The molecule has 4 rings (SSSR count). The molecule has 0 fully saturated rings. The van der Waals surface area contributed by atoms with Crippen LogP contribution >= 0.6 is 11.6 Å². The van der Waals surface area contributed by atoms with Crippen LogP contribution in [0, 0.1) is 0 Å². The van der Waals surface area contributed by atoms with Crippen molar-refractivity contribution in [1.82, 2.24) is 15.0 Å². The van der Waals surface area contributed by atoms with Gasteiger partial charge in [-0.05, 0) is 41.8 Å². The van der Waals surface area contributed by atoms with Crippen LogP contribution in [0.5, 0.6) is 0 Å². The Labute approximate surface area is 162 Å². The van der Waals surface area contributed by atoms with Crippen LogP contribution in [0.25, 0.3) is 10.9 Å². The Hall–Kier alpha value is -2.35. The highest BCUT2D eigenvalue weighted by molar-refractivity contribution is 7.88. The molecule has 0 saturated heterocycles. The summed E-state index contributed by atoms with van der Waals surface area (Å²) >= 11 is 6.00. The van der Waals surface area contributed by atoms with Crippen molar-refractivity contribution in [3.63, 3.8) is 0 Å². The topological polar surface area (TPSA) is 91.1 Å². The molecule has 8 heteroatoms. The summed E-state index contributed by atoms with van der Waals surface area (Å²) in [7, 11) is -3.43. The molecule has 1 aromatic heterocycles. The minimum Gasteiger partial charge on any atom is -0.351 e. The average molecular weight is 404 g/mol. The third-order valence-electron chi connectivity index (χ3n) is 4.72. The molecular weight excluding hydrogens is 386 g/mol. The lowest BCUT2D eigenvalue weighted by molar-refractivity contribution is 0.0927. The molecule has 2 aromatic carbocycles. The highest BCUT2D eigenvalue weighted by atomic mass is 35.5. The molecule has 0 saturated carbocycles. The number of amides is 1. The van der Waals surface area contributed by atoms with Gasteiger partial charge in [0.15, 0.2) is 0 Å². The van der Waals surface area contributed by atoms with E-state index in [0.29, 0.717) is 17.1 Å². The van der Waals surface area contributed by atoms with Gasteiger partial charge in [0.2, 0.25) is 10.0 Å². The third kappa shape index (κ3) is 3.71. The first kappa shape index (κ1) is 18.0. The number of hydrogen-bond donors (Lipinski definition) is 3. The zero-order valence-corrected chi connectivity index (χ0v) is 16.1. The van der Waals surface area contributed by atoms with Crippen molar-refractivity contribution in [2.75, 3.05) is 6.26 Å². The van der Waals surface area contributed by atoms with Gasteiger partial charge in [-0.3, -0.25) is 4.79 Å². The minimum absolute atomic E-state index is 0.291. The second-order valence-electron chi connectivity index (χ2n) is 6.77. The lowest BCUT2D eigenvalue weighted by atomic mass is 10.1. The van der Waals surface area contributed by atoms with Gasteiger partial charge in [-0.2, -0.15) is 0 Å². The number of carbonyl (C=O) groups is 1. The quantitative estimate of drug-likeness (QED) is 0.625. The van der Waals surface area contributed by atoms with E-state index >= 15 is 0 Å². The SMILES string of the molecule is CS(=O)(=O)N[C@@H]1c2ccccc2C[C@H]1NC(=O)c1cc2cc(Cl)ccc2[nH]1. The highest BCUT2D eigenvalue weighted by Crippen LogP contribution is 2.32. The fourth-order valence-corrected chi connectivity index (χ4v) is 4.51. The molecular formula is C19H18ClN3O3S. The van der Waals surface area contributed by atoms with Crippen LogP contribution < -0.4 is 10.0 Å². The summed E-state index contributed by atoms with van der Waals surface area (Å²) < 4.78 is 26.3. The standard InChI is InChI=1S/C19H18ClN3O3S/c1-27(25,26)23-18-14-5-3-2-4-11(14)9-16(18)22-19(24)17-10-12-8-13(20)6-7-15(12)21-17/h2-8,10,16,18,21,23H,9H2,1H3,(H,22,24)/t16-,18-/m1/s1. The largest absolute Gasteiger partial charge is 0.351 e. The van der Waals surface area contributed by atoms with E-state index in [1.54, 1.807) is 18.2 Å². The number of nitrogens with one attached hydrogen (secondary N) is 3. The van der Waals surface area contributed by atoms with Crippen molar-refractivity contribution in [2.24, 2.45) is 0 Å². The molecule has 0 spiro atoms. The Morgan fingerprint density at radius 3 is 2.74 bits per heavy atom. The number of benzene rings is 2. The second kappa shape index (κ2) is 6.67. The first-order chi connectivity index (χ1) is 12.8. The van der Waals surface area contributed by atoms with E-state index in [1.165, 1.54) is 0 Å². The Bertz CT molecular complexity index is 1140. The number of sulfonamides is 1. The summed E-state index contributed by atoms with van der Waals surface area (Å²) in [6, 6.07) is 13.8. The number of fused-ring (bicyclic) bond motifs is 2. The van der Waals surface area contributed by atoms with Crippen LogP contribution in [0.4, 0.5) is 0 Å². The van der Waals surface area contributed by atoms with Gasteiger partial charge in [-0.25, -0.2) is 13.1 Å². The van der Waals surface area contributed by atoms with Crippen LogP contribution in [0.2, 0.25) is 5.02 Å². The molecule has 1 aliphatic carbocycles. The third-order valence-corrected chi connectivity index (χ3v) is 5.63. The molecule has 0 aliphatic heterocycles. The van der Waals surface area contributed by atoms with Gasteiger partial charge < -0.3 is 10.3 Å². The van der Waals surface area contributed by atoms with E-state index in [9.17, 15) is 13.2 Å². The van der Waals surface area contributed by atoms with Gasteiger partial charge >= 0.3 is 0 Å². The predicted molar refractivity (Wildman–Crippen MR) is 105 cm³/mol. The van der Waals surface area contributed by atoms with E-state index < -0.39 is 16.1 Å². The molecule has 3 aromatic rings. The Balaban J connectivity index is 1.60. The van der Waals surface area contributed by atoms with Gasteiger partial charge in [0.05, 0.1) is 18.3 Å².